The molecular weight excluding hydrogens is 372 g/mol. The van der Waals surface area contributed by atoms with Crippen molar-refractivity contribution in [3.63, 3.8) is 0 Å². The number of carbonyl (C=O) groups is 3. The molecule has 3 aliphatic heterocycles. The number of piperidine rings is 2. The van der Waals surface area contributed by atoms with Gasteiger partial charge in [-0.25, -0.2) is 0 Å². The molecule has 1 aromatic carbocycles. The monoisotopic (exact) mass is 400 g/mol. The van der Waals surface area contributed by atoms with Crippen LogP contribution in [-0.2, 0) is 22.7 Å². The summed E-state index contributed by atoms with van der Waals surface area (Å²) in [7, 11) is 0. The quantitative estimate of drug-likeness (QED) is 0.496. The smallest absolute Gasteiger partial charge is 0.255 e. The minimum Gasteiger partial charge on any atom is -0.392 e. The van der Waals surface area contributed by atoms with Crippen LogP contribution in [0.3, 0.4) is 0 Å². The molecule has 0 spiro atoms. The standard InChI is InChI=1S/C21H28N4O4/c26-18(13-6-8-22-9-7-13)11-23-10-14-2-1-3-15-16(14)12-25(21(15)29)17-4-5-19(27)24-20(17)28/h1-3,13,17-18,22-23,26H,4-12H2,(H,24,27,28). The van der Waals surface area contributed by atoms with Gasteiger partial charge in [0, 0.05) is 31.6 Å². The highest BCUT2D eigenvalue weighted by Gasteiger charge is 2.39. The summed E-state index contributed by atoms with van der Waals surface area (Å²) >= 11 is 0. The van der Waals surface area contributed by atoms with Crippen LogP contribution in [0.4, 0.5) is 0 Å². The van der Waals surface area contributed by atoms with Gasteiger partial charge in [0.25, 0.3) is 5.91 Å². The van der Waals surface area contributed by atoms with E-state index in [4.69, 9.17) is 0 Å². The Morgan fingerprint density at radius 1 is 1.17 bits per heavy atom. The maximum absolute atomic E-state index is 12.9. The van der Waals surface area contributed by atoms with Crippen LogP contribution in [0.2, 0.25) is 0 Å². The van der Waals surface area contributed by atoms with Crippen LogP contribution in [0, 0.1) is 5.92 Å². The number of imide groups is 1. The predicted molar refractivity (Wildman–Crippen MR) is 106 cm³/mol. The molecule has 2 atom stereocenters. The number of hydrogen-bond donors (Lipinski definition) is 4. The highest BCUT2D eigenvalue weighted by molar-refractivity contribution is 6.05. The number of nitrogens with one attached hydrogen (secondary N) is 3. The third kappa shape index (κ3) is 4.19. The van der Waals surface area contributed by atoms with Gasteiger partial charge in [-0.3, -0.25) is 19.7 Å². The summed E-state index contributed by atoms with van der Waals surface area (Å²) in [5, 5.41) is 19.4. The normalized spacial score (nSPS) is 23.8. The molecule has 4 N–H and O–H groups in total. The van der Waals surface area contributed by atoms with Gasteiger partial charge in [-0.05, 0) is 55.5 Å². The molecule has 3 heterocycles. The van der Waals surface area contributed by atoms with Crippen molar-refractivity contribution in [3.05, 3.63) is 34.9 Å². The topological polar surface area (TPSA) is 111 Å². The number of fused-ring (bicyclic) bond motifs is 1. The fourth-order valence-electron chi connectivity index (χ4n) is 4.57. The first-order valence-corrected chi connectivity index (χ1v) is 10.4. The summed E-state index contributed by atoms with van der Waals surface area (Å²) < 4.78 is 0. The summed E-state index contributed by atoms with van der Waals surface area (Å²) in [6.45, 7) is 3.34. The average Bonchev–Trinajstić information content (AvgIpc) is 3.06. The SMILES string of the molecule is O=C1CCC(N2Cc3c(CNCC(O)C4CCNCC4)cccc3C2=O)C(=O)N1. The van der Waals surface area contributed by atoms with Gasteiger partial charge in [0.15, 0.2) is 0 Å². The number of benzene rings is 1. The fourth-order valence-corrected chi connectivity index (χ4v) is 4.57. The van der Waals surface area contributed by atoms with E-state index in [1.165, 1.54) is 0 Å². The molecule has 2 saturated heterocycles. The fraction of sp³-hybridized carbons (Fsp3) is 0.571. The van der Waals surface area contributed by atoms with Crippen LogP contribution >= 0.6 is 0 Å². The summed E-state index contributed by atoms with van der Waals surface area (Å²) in [5.41, 5.74) is 2.54. The number of carbonyl (C=O) groups excluding carboxylic acids is 3. The second kappa shape index (κ2) is 8.61. The van der Waals surface area contributed by atoms with Crippen molar-refractivity contribution < 1.29 is 19.5 Å². The van der Waals surface area contributed by atoms with E-state index in [9.17, 15) is 19.5 Å². The minimum atomic E-state index is -0.602. The van der Waals surface area contributed by atoms with Gasteiger partial charge in [0.1, 0.15) is 6.04 Å². The lowest BCUT2D eigenvalue weighted by atomic mass is 9.92. The summed E-state index contributed by atoms with van der Waals surface area (Å²) in [6.07, 6.45) is 2.20. The second-order valence-corrected chi connectivity index (χ2v) is 8.13. The van der Waals surface area contributed by atoms with Gasteiger partial charge in [0.05, 0.1) is 6.10 Å². The average molecular weight is 400 g/mol. The van der Waals surface area contributed by atoms with Crippen molar-refractivity contribution in [2.24, 2.45) is 5.92 Å². The lowest BCUT2D eigenvalue weighted by Gasteiger charge is -2.29. The molecule has 0 aliphatic carbocycles. The summed E-state index contributed by atoms with van der Waals surface area (Å²) in [6, 6.07) is 5.02. The van der Waals surface area contributed by atoms with Gasteiger partial charge in [-0.15, -0.1) is 0 Å². The molecule has 0 bridgehead atoms. The Labute approximate surface area is 170 Å². The van der Waals surface area contributed by atoms with Gasteiger partial charge in [-0.1, -0.05) is 12.1 Å². The molecule has 156 valence electrons. The molecule has 3 amide bonds. The van der Waals surface area contributed by atoms with E-state index < -0.39 is 11.9 Å². The zero-order valence-electron chi connectivity index (χ0n) is 16.4. The number of aliphatic hydroxyl groups is 1. The van der Waals surface area contributed by atoms with Crippen molar-refractivity contribution in [3.8, 4) is 0 Å². The lowest BCUT2D eigenvalue weighted by Crippen LogP contribution is -2.52. The van der Waals surface area contributed by atoms with E-state index in [1.807, 2.05) is 12.1 Å². The molecule has 8 nitrogen and oxygen atoms in total. The Balaban J connectivity index is 1.39. The number of hydrogen-bond acceptors (Lipinski definition) is 6. The highest BCUT2D eigenvalue weighted by atomic mass is 16.3. The van der Waals surface area contributed by atoms with Gasteiger partial charge in [-0.2, -0.15) is 0 Å². The maximum atomic E-state index is 12.9. The van der Waals surface area contributed by atoms with Crippen LogP contribution in [0.1, 0.15) is 47.2 Å². The Hall–Kier alpha value is -2.29. The van der Waals surface area contributed by atoms with Crippen LogP contribution in [-0.4, -0.2) is 59.5 Å². The van der Waals surface area contributed by atoms with Crippen LogP contribution < -0.4 is 16.0 Å². The third-order valence-electron chi connectivity index (χ3n) is 6.28. The Bertz CT molecular complexity index is 806. The van der Waals surface area contributed by atoms with Crippen LogP contribution in [0.15, 0.2) is 18.2 Å². The number of aliphatic hydroxyl groups excluding tert-OH is 1. The predicted octanol–water partition coefficient (Wildman–Crippen LogP) is -0.102. The van der Waals surface area contributed by atoms with Crippen molar-refractivity contribution in [2.75, 3.05) is 19.6 Å². The molecule has 0 saturated carbocycles. The Morgan fingerprint density at radius 2 is 1.97 bits per heavy atom. The van der Waals surface area contributed by atoms with Crippen molar-refractivity contribution in [2.45, 2.75) is 50.9 Å². The van der Waals surface area contributed by atoms with Crippen LogP contribution in [0.25, 0.3) is 0 Å². The van der Waals surface area contributed by atoms with E-state index in [1.54, 1.807) is 11.0 Å². The van der Waals surface area contributed by atoms with Crippen LogP contribution in [0.5, 0.6) is 0 Å². The molecule has 29 heavy (non-hydrogen) atoms. The van der Waals surface area contributed by atoms with E-state index in [2.05, 4.69) is 16.0 Å². The van der Waals surface area contributed by atoms with E-state index in [-0.39, 0.29) is 24.3 Å². The number of rotatable bonds is 6. The minimum absolute atomic E-state index is 0.161. The zero-order chi connectivity index (χ0) is 20.4. The molecule has 0 radical (unpaired) electrons. The molecular formula is C21H28N4O4. The maximum Gasteiger partial charge on any atom is 0.255 e. The molecule has 3 aliphatic rings. The molecule has 2 fully saturated rings. The third-order valence-corrected chi connectivity index (χ3v) is 6.28. The van der Waals surface area contributed by atoms with E-state index in [0.717, 1.165) is 37.1 Å². The van der Waals surface area contributed by atoms with E-state index in [0.29, 0.717) is 37.5 Å². The first-order chi connectivity index (χ1) is 14.0. The Kier molecular flexibility index (Phi) is 5.94. The van der Waals surface area contributed by atoms with Gasteiger partial charge in [0.2, 0.25) is 11.8 Å². The van der Waals surface area contributed by atoms with Gasteiger partial charge >= 0.3 is 0 Å². The Morgan fingerprint density at radius 3 is 2.72 bits per heavy atom. The number of nitrogens with zero attached hydrogens (tertiary/aromatic N) is 1. The first-order valence-electron chi connectivity index (χ1n) is 10.4. The van der Waals surface area contributed by atoms with Crippen molar-refractivity contribution in [1.29, 1.82) is 0 Å². The van der Waals surface area contributed by atoms with Crippen molar-refractivity contribution >= 4 is 17.7 Å². The lowest BCUT2D eigenvalue weighted by molar-refractivity contribution is -0.136. The van der Waals surface area contributed by atoms with E-state index >= 15 is 0 Å². The largest absolute Gasteiger partial charge is 0.392 e. The van der Waals surface area contributed by atoms with Crippen molar-refractivity contribution in [1.82, 2.24) is 20.9 Å². The summed E-state index contributed by atoms with van der Waals surface area (Å²) in [4.78, 5) is 38.0. The number of amides is 3. The molecule has 8 heteroatoms. The first kappa shape index (κ1) is 20.0. The highest BCUT2D eigenvalue weighted by Crippen LogP contribution is 2.29. The molecule has 2 unspecified atom stereocenters. The second-order valence-electron chi connectivity index (χ2n) is 8.13. The van der Waals surface area contributed by atoms with Gasteiger partial charge < -0.3 is 20.6 Å². The molecule has 0 aromatic heterocycles. The molecule has 1 aromatic rings. The zero-order valence-corrected chi connectivity index (χ0v) is 16.4. The molecule has 4 rings (SSSR count). The summed E-state index contributed by atoms with van der Waals surface area (Å²) in [5.74, 6) is -0.527.